The molecule has 0 aliphatic carbocycles. The van der Waals surface area contributed by atoms with Gasteiger partial charge in [-0.3, -0.25) is 0 Å². The fourth-order valence-corrected chi connectivity index (χ4v) is 4.87. The first kappa shape index (κ1) is 12.3. The standard InChI is InChI=1S/C12H16Cl2OSi/c13-11-1-3-12(4-2-11)15-9-10-5-7-16(14)8-6-10/h1-4,10,16H,5-9H2. The number of halogens is 2. The Morgan fingerprint density at radius 1 is 1.19 bits per heavy atom. The first-order valence-corrected chi connectivity index (χ1v) is 9.52. The average molecular weight is 275 g/mol. The predicted molar refractivity (Wildman–Crippen MR) is 72.3 cm³/mol. The van der Waals surface area contributed by atoms with Crippen molar-refractivity contribution >= 4 is 30.8 Å². The minimum absolute atomic E-state index is 0.693. The van der Waals surface area contributed by atoms with Crippen LogP contribution in [0.25, 0.3) is 0 Å². The van der Waals surface area contributed by atoms with E-state index in [0.29, 0.717) is 5.92 Å². The lowest BCUT2D eigenvalue weighted by molar-refractivity contribution is 0.237. The summed E-state index contributed by atoms with van der Waals surface area (Å²) in [6.07, 6.45) is 2.49. The van der Waals surface area contributed by atoms with Crippen LogP contribution in [0.5, 0.6) is 5.75 Å². The second-order valence-corrected chi connectivity index (χ2v) is 9.02. The third-order valence-electron chi connectivity index (χ3n) is 3.08. The van der Waals surface area contributed by atoms with Crippen molar-refractivity contribution in [2.24, 2.45) is 5.92 Å². The van der Waals surface area contributed by atoms with Crippen molar-refractivity contribution in [3.63, 3.8) is 0 Å². The van der Waals surface area contributed by atoms with Crippen molar-refractivity contribution in [1.82, 2.24) is 0 Å². The smallest absolute Gasteiger partial charge is 0.141 e. The highest BCUT2D eigenvalue weighted by molar-refractivity contribution is 7.07. The van der Waals surface area contributed by atoms with Crippen molar-refractivity contribution in [3.8, 4) is 5.75 Å². The summed E-state index contributed by atoms with van der Waals surface area (Å²) in [6.45, 7) is 0.819. The van der Waals surface area contributed by atoms with Crippen LogP contribution in [0.15, 0.2) is 24.3 Å². The zero-order valence-corrected chi connectivity index (χ0v) is 11.8. The molecule has 1 aliphatic heterocycles. The second kappa shape index (κ2) is 5.94. The summed E-state index contributed by atoms with van der Waals surface area (Å²) in [5, 5.41) is 0.751. The van der Waals surface area contributed by atoms with Gasteiger partial charge in [-0.05, 0) is 55.1 Å². The average Bonchev–Trinajstić information content (AvgIpc) is 2.30. The Labute approximate surface area is 108 Å². The SMILES string of the molecule is Clc1ccc(OCC2CC[SiH](Cl)CC2)cc1. The van der Waals surface area contributed by atoms with Crippen molar-refractivity contribution in [2.45, 2.75) is 24.9 Å². The second-order valence-electron chi connectivity index (χ2n) is 4.38. The molecule has 0 unspecified atom stereocenters. The summed E-state index contributed by atoms with van der Waals surface area (Å²) in [4.78, 5) is 0. The molecule has 1 heterocycles. The lowest BCUT2D eigenvalue weighted by Gasteiger charge is -2.24. The van der Waals surface area contributed by atoms with Crippen molar-refractivity contribution in [2.75, 3.05) is 6.61 Å². The van der Waals surface area contributed by atoms with E-state index in [4.69, 9.17) is 27.4 Å². The Bertz CT molecular complexity index is 320. The minimum Gasteiger partial charge on any atom is -0.493 e. The number of rotatable bonds is 3. The lowest BCUT2D eigenvalue weighted by Crippen LogP contribution is -2.21. The normalized spacial score (nSPS) is 25.4. The van der Waals surface area contributed by atoms with Crippen LogP contribution in [0.3, 0.4) is 0 Å². The highest BCUT2D eigenvalue weighted by atomic mass is 35.6. The zero-order valence-electron chi connectivity index (χ0n) is 9.16. The summed E-state index contributed by atoms with van der Waals surface area (Å²) in [5.41, 5.74) is 0. The van der Waals surface area contributed by atoms with Gasteiger partial charge in [-0.2, -0.15) is 11.1 Å². The molecule has 0 saturated carbocycles. The molecule has 4 heteroatoms. The van der Waals surface area contributed by atoms with Gasteiger partial charge in [-0.25, -0.2) is 0 Å². The Morgan fingerprint density at radius 3 is 2.44 bits per heavy atom. The number of hydrogen-bond acceptors (Lipinski definition) is 1. The summed E-state index contributed by atoms with van der Waals surface area (Å²) < 4.78 is 5.75. The molecular formula is C12H16Cl2OSi. The fourth-order valence-electron chi connectivity index (χ4n) is 2.03. The molecule has 1 fully saturated rings. The molecule has 0 amide bonds. The van der Waals surface area contributed by atoms with Gasteiger partial charge in [0.2, 0.25) is 0 Å². The molecule has 0 N–H and O–H groups in total. The number of benzene rings is 1. The van der Waals surface area contributed by atoms with Crippen LogP contribution in [-0.2, 0) is 0 Å². The Morgan fingerprint density at radius 2 is 1.81 bits per heavy atom. The Balaban J connectivity index is 1.77. The van der Waals surface area contributed by atoms with Crippen LogP contribution in [0.4, 0.5) is 0 Å². The summed E-state index contributed by atoms with van der Waals surface area (Å²) in [7, 11) is -0.839. The van der Waals surface area contributed by atoms with Crippen molar-refractivity contribution in [3.05, 3.63) is 29.3 Å². The van der Waals surface area contributed by atoms with Crippen molar-refractivity contribution < 1.29 is 4.74 Å². The van der Waals surface area contributed by atoms with E-state index >= 15 is 0 Å². The van der Waals surface area contributed by atoms with Gasteiger partial charge in [0.15, 0.2) is 0 Å². The van der Waals surface area contributed by atoms with Gasteiger partial charge in [0.25, 0.3) is 0 Å². The van der Waals surface area contributed by atoms with Gasteiger partial charge in [0.1, 0.15) is 13.9 Å². The van der Waals surface area contributed by atoms with E-state index in [1.165, 1.54) is 24.9 Å². The van der Waals surface area contributed by atoms with Crippen LogP contribution < -0.4 is 4.74 Å². The molecule has 16 heavy (non-hydrogen) atoms. The summed E-state index contributed by atoms with van der Waals surface area (Å²) >= 11 is 12.0. The van der Waals surface area contributed by atoms with Gasteiger partial charge >= 0.3 is 0 Å². The predicted octanol–water partition coefficient (Wildman–Crippen LogP) is 4.09. The molecule has 0 bridgehead atoms. The van der Waals surface area contributed by atoms with Gasteiger partial charge in [0, 0.05) is 5.02 Å². The van der Waals surface area contributed by atoms with E-state index in [9.17, 15) is 0 Å². The van der Waals surface area contributed by atoms with E-state index in [0.717, 1.165) is 17.4 Å². The molecule has 0 aromatic heterocycles. The van der Waals surface area contributed by atoms with Crippen molar-refractivity contribution in [1.29, 1.82) is 0 Å². The topological polar surface area (TPSA) is 9.23 Å². The molecule has 1 saturated heterocycles. The molecule has 0 atom stereocenters. The Hall–Kier alpha value is -0.183. The van der Waals surface area contributed by atoms with Crippen LogP contribution in [-0.4, -0.2) is 14.7 Å². The third kappa shape index (κ3) is 3.69. The summed E-state index contributed by atoms with van der Waals surface area (Å²) in [6, 6.07) is 10.1. The maximum atomic E-state index is 6.20. The highest BCUT2D eigenvalue weighted by Crippen LogP contribution is 2.27. The maximum absolute atomic E-state index is 6.20. The van der Waals surface area contributed by atoms with Gasteiger partial charge < -0.3 is 4.74 Å². The highest BCUT2D eigenvalue weighted by Gasteiger charge is 2.21. The van der Waals surface area contributed by atoms with Crippen LogP contribution in [0, 0.1) is 5.92 Å². The van der Waals surface area contributed by atoms with Gasteiger partial charge in [-0.15, -0.1) is 0 Å². The molecule has 2 rings (SSSR count). The summed E-state index contributed by atoms with van der Waals surface area (Å²) in [5.74, 6) is 1.60. The van der Waals surface area contributed by atoms with Gasteiger partial charge in [-0.1, -0.05) is 11.6 Å². The molecule has 0 radical (unpaired) electrons. The first-order valence-electron chi connectivity index (χ1n) is 5.76. The first-order chi connectivity index (χ1) is 7.74. The van der Waals surface area contributed by atoms with E-state index in [-0.39, 0.29) is 0 Å². The minimum atomic E-state index is -0.839. The van der Waals surface area contributed by atoms with E-state index < -0.39 is 8.11 Å². The van der Waals surface area contributed by atoms with E-state index in [1.807, 2.05) is 24.3 Å². The largest absolute Gasteiger partial charge is 0.493 e. The molecule has 0 spiro atoms. The van der Waals surface area contributed by atoms with Crippen LogP contribution in [0.1, 0.15) is 12.8 Å². The fraction of sp³-hybridized carbons (Fsp3) is 0.500. The monoisotopic (exact) mass is 274 g/mol. The maximum Gasteiger partial charge on any atom is 0.141 e. The van der Waals surface area contributed by atoms with Crippen LogP contribution in [0.2, 0.25) is 17.1 Å². The van der Waals surface area contributed by atoms with Crippen LogP contribution >= 0.6 is 22.7 Å². The molecule has 88 valence electrons. The lowest BCUT2D eigenvalue weighted by atomic mass is 10.0. The quantitative estimate of drug-likeness (QED) is 0.596. The third-order valence-corrected chi connectivity index (χ3v) is 6.56. The molecular weight excluding hydrogens is 259 g/mol. The molecule has 1 aliphatic rings. The van der Waals surface area contributed by atoms with E-state index in [2.05, 4.69) is 0 Å². The molecule has 1 nitrogen and oxygen atoms in total. The molecule has 1 aromatic carbocycles. The Kier molecular flexibility index (Phi) is 4.56. The number of hydrogen-bond donors (Lipinski definition) is 0. The zero-order chi connectivity index (χ0) is 11.4. The number of ether oxygens (including phenoxy) is 1. The molecule has 1 aromatic rings. The van der Waals surface area contributed by atoms with E-state index in [1.54, 1.807) is 0 Å². The van der Waals surface area contributed by atoms with Gasteiger partial charge in [0.05, 0.1) is 6.61 Å².